The van der Waals surface area contributed by atoms with Crippen molar-refractivity contribution in [2.45, 2.75) is 12.5 Å². The van der Waals surface area contributed by atoms with E-state index in [1.807, 2.05) is 61.5 Å². The van der Waals surface area contributed by atoms with Crippen LogP contribution in [0.15, 0.2) is 59.1 Å². The summed E-state index contributed by atoms with van der Waals surface area (Å²) < 4.78 is 1.01. The Bertz CT molecular complexity index is 515. The van der Waals surface area contributed by atoms with Crippen molar-refractivity contribution in [2.24, 2.45) is 0 Å². The van der Waals surface area contributed by atoms with Crippen LogP contribution in [0.2, 0.25) is 0 Å². The van der Waals surface area contributed by atoms with Crippen LogP contribution in [0.3, 0.4) is 0 Å². The fourth-order valence-corrected chi connectivity index (χ4v) is 2.29. The topological polar surface area (TPSA) is 32.3 Å². The molecule has 1 unspecified atom stereocenters. The average molecular weight is 306 g/mol. The molecule has 0 radical (unpaired) electrons. The maximum Gasteiger partial charge on any atom is 0.0828 e. The average Bonchev–Trinajstić information content (AvgIpc) is 2.39. The lowest BCUT2D eigenvalue weighted by molar-refractivity contribution is 0.224. The van der Waals surface area contributed by atoms with E-state index >= 15 is 0 Å². The summed E-state index contributed by atoms with van der Waals surface area (Å²) in [4.78, 5) is 0. The Labute approximate surface area is 116 Å². The Balaban J connectivity index is 2.29. The smallest absolute Gasteiger partial charge is 0.0828 e. The number of benzene rings is 2. The number of aliphatic hydroxyl groups excluding tert-OH is 1. The minimum atomic E-state index is -0.484. The largest absolute Gasteiger partial charge is 0.394 e. The van der Waals surface area contributed by atoms with Crippen LogP contribution >= 0.6 is 15.9 Å². The Hall–Kier alpha value is -1.32. The molecule has 0 saturated carbocycles. The number of nitrogens with one attached hydrogen (secondary N) is 1. The normalized spacial score (nSPS) is 13.9. The van der Waals surface area contributed by atoms with Gasteiger partial charge in [-0.05, 0) is 30.7 Å². The predicted octanol–water partition coefficient (Wildman–Crippen LogP) is 3.77. The van der Waals surface area contributed by atoms with Gasteiger partial charge in [-0.1, -0.05) is 52.3 Å². The van der Waals surface area contributed by atoms with Crippen LogP contribution in [-0.4, -0.2) is 11.7 Å². The van der Waals surface area contributed by atoms with Gasteiger partial charge >= 0.3 is 0 Å². The third-order valence-corrected chi connectivity index (χ3v) is 3.47. The summed E-state index contributed by atoms with van der Waals surface area (Å²) >= 11 is 3.45. The Morgan fingerprint density at radius 2 is 1.83 bits per heavy atom. The number of hydrogen-bond acceptors (Lipinski definition) is 2. The summed E-state index contributed by atoms with van der Waals surface area (Å²) in [5.74, 6) is 0. The Morgan fingerprint density at radius 1 is 1.11 bits per heavy atom. The highest BCUT2D eigenvalue weighted by Gasteiger charge is 2.25. The van der Waals surface area contributed by atoms with E-state index in [1.165, 1.54) is 0 Å². The highest BCUT2D eigenvalue weighted by atomic mass is 79.9. The van der Waals surface area contributed by atoms with E-state index < -0.39 is 5.54 Å². The molecule has 3 heteroatoms. The molecule has 0 fully saturated rings. The van der Waals surface area contributed by atoms with Crippen LogP contribution < -0.4 is 5.32 Å². The molecule has 0 aromatic heterocycles. The third kappa shape index (κ3) is 2.92. The Kier molecular flexibility index (Phi) is 4.04. The molecule has 2 N–H and O–H groups in total. The second-order valence-corrected chi connectivity index (χ2v) is 5.41. The van der Waals surface area contributed by atoms with Crippen LogP contribution in [0.4, 0.5) is 5.69 Å². The van der Waals surface area contributed by atoms with E-state index in [2.05, 4.69) is 21.2 Å². The molecule has 0 aliphatic heterocycles. The molecule has 2 rings (SSSR count). The maximum absolute atomic E-state index is 9.70. The van der Waals surface area contributed by atoms with Gasteiger partial charge in [-0.2, -0.15) is 0 Å². The molecule has 1 atom stereocenters. The zero-order valence-electron chi connectivity index (χ0n) is 10.2. The van der Waals surface area contributed by atoms with E-state index in [0.29, 0.717) is 0 Å². The second kappa shape index (κ2) is 5.55. The molecular weight excluding hydrogens is 290 g/mol. The molecule has 0 aliphatic rings. The van der Waals surface area contributed by atoms with E-state index in [1.54, 1.807) is 0 Å². The van der Waals surface area contributed by atoms with Gasteiger partial charge in [-0.15, -0.1) is 0 Å². The lowest BCUT2D eigenvalue weighted by Crippen LogP contribution is -2.35. The van der Waals surface area contributed by atoms with Gasteiger partial charge in [0.15, 0.2) is 0 Å². The summed E-state index contributed by atoms with van der Waals surface area (Å²) in [7, 11) is 0. The highest BCUT2D eigenvalue weighted by Crippen LogP contribution is 2.26. The van der Waals surface area contributed by atoms with Crippen molar-refractivity contribution in [1.29, 1.82) is 0 Å². The molecule has 0 aliphatic carbocycles. The first-order chi connectivity index (χ1) is 8.64. The van der Waals surface area contributed by atoms with Gasteiger partial charge in [0, 0.05) is 10.2 Å². The summed E-state index contributed by atoms with van der Waals surface area (Å²) in [6.07, 6.45) is 0. The molecule has 2 nitrogen and oxygen atoms in total. The van der Waals surface area contributed by atoms with Gasteiger partial charge in [0.1, 0.15) is 0 Å². The van der Waals surface area contributed by atoms with Gasteiger partial charge in [0.25, 0.3) is 0 Å². The number of anilines is 1. The third-order valence-electron chi connectivity index (χ3n) is 2.97. The molecule has 0 spiro atoms. The van der Waals surface area contributed by atoms with E-state index in [-0.39, 0.29) is 6.61 Å². The van der Waals surface area contributed by atoms with Gasteiger partial charge < -0.3 is 10.4 Å². The molecule has 0 bridgehead atoms. The summed E-state index contributed by atoms with van der Waals surface area (Å²) in [5, 5.41) is 13.1. The SMILES string of the molecule is CC(CO)(Nc1cccc(Br)c1)c1ccccc1. The van der Waals surface area contributed by atoms with Crippen LogP contribution in [-0.2, 0) is 5.54 Å². The number of aliphatic hydroxyl groups is 1. The molecule has 94 valence electrons. The molecule has 0 heterocycles. The van der Waals surface area contributed by atoms with E-state index in [9.17, 15) is 5.11 Å². The van der Waals surface area contributed by atoms with E-state index in [4.69, 9.17) is 0 Å². The van der Waals surface area contributed by atoms with Gasteiger partial charge in [-0.3, -0.25) is 0 Å². The molecule has 0 amide bonds. The first-order valence-electron chi connectivity index (χ1n) is 5.84. The van der Waals surface area contributed by atoms with Crippen LogP contribution in [0.5, 0.6) is 0 Å². The molecule has 18 heavy (non-hydrogen) atoms. The zero-order chi connectivity index (χ0) is 13.0. The molecular formula is C15H16BrNO. The highest BCUT2D eigenvalue weighted by molar-refractivity contribution is 9.10. The molecule has 2 aromatic carbocycles. The minimum Gasteiger partial charge on any atom is -0.394 e. The van der Waals surface area contributed by atoms with Crippen molar-refractivity contribution in [3.8, 4) is 0 Å². The number of halogens is 1. The zero-order valence-corrected chi connectivity index (χ0v) is 11.8. The lowest BCUT2D eigenvalue weighted by Gasteiger charge is -2.30. The van der Waals surface area contributed by atoms with Crippen LogP contribution in [0.25, 0.3) is 0 Å². The molecule has 2 aromatic rings. The summed E-state index contributed by atoms with van der Waals surface area (Å²) in [5.41, 5.74) is 1.56. The quantitative estimate of drug-likeness (QED) is 0.901. The van der Waals surface area contributed by atoms with Crippen molar-refractivity contribution < 1.29 is 5.11 Å². The van der Waals surface area contributed by atoms with Crippen molar-refractivity contribution >= 4 is 21.6 Å². The van der Waals surface area contributed by atoms with Crippen molar-refractivity contribution in [3.63, 3.8) is 0 Å². The van der Waals surface area contributed by atoms with Crippen LogP contribution in [0, 0.1) is 0 Å². The van der Waals surface area contributed by atoms with Gasteiger partial charge in [0.2, 0.25) is 0 Å². The number of rotatable bonds is 4. The first-order valence-corrected chi connectivity index (χ1v) is 6.63. The fraction of sp³-hybridized carbons (Fsp3) is 0.200. The minimum absolute atomic E-state index is 0.0313. The lowest BCUT2D eigenvalue weighted by atomic mass is 9.92. The summed E-state index contributed by atoms with van der Waals surface area (Å²) in [6.45, 7) is 2.02. The maximum atomic E-state index is 9.70. The van der Waals surface area contributed by atoms with Gasteiger partial charge in [0.05, 0.1) is 12.1 Å². The fourth-order valence-electron chi connectivity index (χ4n) is 1.89. The second-order valence-electron chi connectivity index (χ2n) is 4.49. The van der Waals surface area contributed by atoms with Crippen molar-refractivity contribution in [3.05, 3.63) is 64.6 Å². The monoisotopic (exact) mass is 305 g/mol. The Morgan fingerprint density at radius 3 is 2.44 bits per heavy atom. The van der Waals surface area contributed by atoms with Crippen LogP contribution in [0.1, 0.15) is 12.5 Å². The van der Waals surface area contributed by atoms with Gasteiger partial charge in [-0.25, -0.2) is 0 Å². The first kappa shape index (κ1) is 13.1. The van der Waals surface area contributed by atoms with Crippen molar-refractivity contribution in [1.82, 2.24) is 0 Å². The predicted molar refractivity (Wildman–Crippen MR) is 78.6 cm³/mol. The van der Waals surface area contributed by atoms with E-state index in [0.717, 1.165) is 15.7 Å². The number of hydrogen-bond donors (Lipinski definition) is 2. The summed E-state index contributed by atoms with van der Waals surface area (Å²) in [6, 6.07) is 17.9. The van der Waals surface area contributed by atoms with Crippen molar-refractivity contribution in [2.75, 3.05) is 11.9 Å². The molecule has 0 saturated heterocycles. The standard InChI is InChI=1S/C15H16BrNO/c1-15(11-18,12-6-3-2-4-7-12)17-14-9-5-8-13(16)10-14/h2-10,17-18H,11H2,1H3.